The van der Waals surface area contributed by atoms with Crippen LogP contribution in [0.1, 0.15) is 67.7 Å². The molecule has 3 rings (SSSR count). The highest BCUT2D eigenvalue weighted by atomic mass is 28.4. The zero-order valence-electron chi connectivity index (χ0n) is 23.7. The Morgan fingerprint density at radius 1 is 0.811 bits per heavy atom. The van der Waals surface area contributed by atoms with E-state index in [4.69, 9.17) is 9.16 Å². The van der Waals surface area contributed by atoms with E-state index in [9.17, 15) is 4.79 Å². The largest absolute Gasteiger partial charge is 0.442 e. The van der Waals surface area contributed by atoms with Gasteiger partial charge < -0.3 is 14.1 Å². The first-order chi connectivity index (χ1) is 17.6. The lowest BCUT2D eigenvalue weighted by atomic mass is 10.2. The van der Waals surface area contributed by atoms with Crippen LogP contribution in [0.2, 0.25) is 5.04 Å². The molecule has 4 nitrogen and oxygen atoms in total. The second kappa shape index (κ2) is 12.7. The number of benzene rings is 2. The lowest BCUT2D eigenvalue weighted by molar-refractivity contribution is 0.0610. The first kappa shape index (κ1) is 28.9. The molecule has 0 fully saturated rings. The zero-order valence-corrected chi connectivity index (χ0v) is 24.7. The van der Waals surface area contributed by atoms with E-state index < -0.39 is 8.32 Å². The van der Waals surface area contributed by atoms with E-state index >= 15 is 0 Å². The minimum absolute atomic E-state index is 0.0241. The fourth-order valence-electron chi connectivity index (χ4n) is 5.37. The Bertz CT molecular complexity index is 993. The molecule has 0 N–H and O–H groups in total. The van der Waals surface area contributed by atoms with E-state index in [0.717, 1.165) is 12.8 Å². The molecule has 0 saturated carbocycles. The van der Waals surface area contributed by atoms with Crippen LogP contribution in [-0.2, 0) is 9.16 Å². The van der Waals surface area contributed by atoms with Crippen LogP contribution in [0.3, 0.4) is 0 Å². The number of hydrogen-bond acceptors (Lipinski definition) is 3. The van der Waals surface area contributed by atoms with Crippen molar-refractivity contribution in [1.29, 1.82) is 0 Å². The standard InChI is InChI=1S/C32H45NO3Si/c1-25(2)33(26(3)4)31(34)35-27-17-14-15-18-28(20-16-19-27)36-37(32(5,6)7,29-21-10-8-11-22-29)30-23-12-9-13-24-30/h8-16,19,21-28H,17-18,20H2,1-7H3/b15-14-,19-16-/t27-,28+/m1/s1. The summed E-state index contributed by atoms with van der Waals surface area (Å²) in [6, 6.07) is 21.7. The summed E-state index contributed by atoms with van der Waals surface area (Å²) in [4.78, 5) is 14.7. The third-order valence-electron chi connectivity index (χ3n) is 7.02. The van der Waals surface area contributed by atoms with Gasteiger partial charge in [-0.15, -0.1) is 0 Å². The van der Waals surface area contributed by atoms with Crippen molar-refractivity contribution in [1.82, 2.24) is 4.90 Å². The number of ether oxygens (including phenoxy) is 1. The van der Waals surface area contributed by atoms with E-state index in [2.05, 4.69) is 99.7 Å². The summed E-state index contributed by atoms with van der Waals surface area (Å²) in [6.45, 7) is 15.0. The van der Waals surface area contributed by atoms with Crippen LogP contribution in [0.5, 0.6) is 0 Å². The molecule has 1 aliphatic rings. The van der Waals surface area contributed by atoms with E-state index in [-0.39, 0.29) is 35.4 Å². The number of nitrogens with zero attached hydrogens (tertiary/aromatic N) is 1. The van der Waals surface area contributed by atoms with E-state index in [1.807, 2.05) is 33.8 Å². The molecule has 37 heavy (non-hydrogen) atoms. The number of rotatable bonds is 7. The van der Waals surface area contributed by atoms with Crippen molar-refractivity contribution in [3.63, 3.8) is 0 Å². The summed E-state index contributed by atoms with van der Waals surface area (Å²) in [5, 5.41) is 2.50. The Morgan fingerprint density at radius 2 is 1.30 bits per heavy atom. The van der Waals surface area contributed by atoms with Crippen LogP contribution in [-0.4, -0.2) is 43.6 Å². The molecule has 1 aliphatic carbocycles. The fraction of sp³-hybridized carbons (Fsp3) is 0.469. The first-order valence-electron chi connectivity index (χ1n) is 13.7. The molecule has 0 spiro atoms. The third kappa shape index (κ3) is 7.02. The lowest BCUT2D eigenvalue weighted by Gasteiger charge is -2.45. The summed E-state index contributed by atoms with van der Waals surface area (Å²) < 4.78 is 13.3. The van der Waals surface area contributed by atoms with Gasteiger partial charge in [0, 0.05) is 18.5 Å². The van der Waals surface area contributed by atoms with E-state index in [0.29, 0.717) is 6.42 Å². The Kier molecular flexibility index (Phi) is 9.97. The van der Waals surface area contributed by atoms with Crippen LogP contribution >= 0.6 is 0 Å². The van der Waals surface area contributed by atoms with Gasteiger partial charge in [0.05, 0.1) is 6.10 Å². The van der Waals surface area contributed by atoms with Crippen LogP contribution in [0.25, 0.3) is 0 Å². The molecule has 200 valence electrons. The Hall–Kier alpha value is -2.63. The second-order valence-corrected chi connectivity index (χ2v) is 15.8. The lowest BCUT2D eigenvalue weighted by Crippen LogP contribution is -2.67. The Balaban J connectivity index is 1.88. The van der Waals surface area contributed by atoms with Crippen molar-refractivity contribution in [2.45, 2.75) is 97.1 Å². The normalized spacial score (nSPS) is 20.6. The number of amides is 1. The van der Waals surface area contributed by atoms with Crippen molar-refractivity contribution in [3.8, 4) is 0 Å². The van der Waals surface area contributed by atoms with Gasteiger partial charge in [0.15, 0.2) is 0 Å². The van der Waals surface area contributed by atoms with Gasteiger partial charge in [0.2, 0.25) is 0 Å². The topological polar surface area (TPSA) is 38.8 Å². The van der Waals surface area contributed by atoms with Gasteiger partial charge in [-0.2, -0.15) is 0 Å². The SMILES string of the molecule is CC(C)N(C(=O)O[C@H]1/C=C\C[C@@H](O[Si](c2ccccc2)(c2ccccc2)C(C)(C)C)C/C=C\C1)C(C)C. The molecular formula is C32H45NO3Si. The molecule has 0 unspecified atom stereocenters. The van der Waals surface area contributed by atoms with Crippen molar-refractivity contribution in [2.24, 2.45) is 0 Å². The van der Waals surface area contributed by atoms with Gasteiger partial charge in [-0.05, 0) is 62.0 Å². The first-order valence-corrected chi connectivity index (χ1v) is 15.6. The molecule has 0 aromatic heterocycles. The van der Waals surface area contributed by atoms with Crippen LogP contribution in [0.15, 0.2) is 85.0 Å². The maximum Gasteiger partial charge on any atom is 0.410 e. The number of carbonyl (C=O) groups excluding carboxylic acids is 1. The van der Waals surface area contributed by atoms with Crippen LogP contribution < -0.4 is 10.4 Å². The van der Waals surface area contributed by atoms with Gasteiger partial charge >= 0.3 is 6.09 Å². The highest BCUT2D eigenvalue weighted by molar-refractivity contribution is 6.99. The third-order valence-corrected chi connectivity index (χ3v) is 12.1. The van der Waals surface area contributed by atoms with Gasteiger partial charge in [-0.3, -0.25) is 0 Å². The summed E-state index contributed by atoms with van der Waals surface area (Å²) in [7, 11) is -2.64. The molecule has 0 heterocycles. The summed E-state index contributed by atoms with van der Waals surface area (Å²) in [5.74, 6) is 0. The molecule has 0 radical (unpaired) electrons. The van der Waals surface area contributed by atoms with Gasteiger partial charge in [0.1, 0.15) is 6.10 Å². The van der Waals surface area contributed by atoms with Crippen molar-refractivity contribution >= 4 is 24.8 Å². The molecule has 0 bridgehead atoms. The van der Waals surface area contributed by atoms with Crippen molar-refractivity contribution < 1.29 is 14.0 Å². The molecular weight excluding hydrogens is 474 g/mol. The van der Waals surface area contributed by atoms with Crippen LogP contribution in [0.4, 0.5) is 4.79 Å². The minimum atomic E-state index is -2.64. The fourth-order valence-corrected chi connectivity index (χ4v) is 10.1. The zero-order chi connectivity index (χ0) is 27.1. The molecule has 1 amide bonds. The van der Waals surface area contributed by atoms with E-state index in [1.165, 1.54) is 10.4 Å². The second-order valence-electron chi connectivity index (χ2n) is 11.5. The van der Waals surface area contributed by atoms with Crippen molar-refractivity contribution in [3.05, 3.63) is 85.0 Å². The average Bonchev–Trinajstić information content (AvgIpc) is 2.94. The highest BCUT2D eigenvalue weighted by Gasteiger charge is 2.51. The predicted molar refractivity (Wildman–Crippen MR) is 157 cm³/mol. The quantitative estimate of drug-likeness (QED) is 0.297. The Labute approximate surface area is 225 Å². The summed E-state index contributed by atoms with van der Waals surface area (Å²) in [5.41, 5.74) is 0. The molecule has 2 aromatic carbocycles. The summed E-state index contributed by atoms with van der Waals surface area (Å²) in [6.07, 6.45) is 10.2. The monoisotopic (exact) mass is 519 g/mol. The van der Waals surface area contributed by atoms with Crippen LogP contribution in [0, 0.1) is 0 Å². The highest BCUT2D eigenvalue weighted by Crippen LogP contribution is 2.38. The molecule has 0 aliphatic heterocycles. The predicted octanol–water partition coefficient (Wildman–Crippen LogP) is 6.85. The molecule has 5 heteroatoms. The maximum atomic E-state index is 12.9. The van der Waals surface area contributed by atoms with Crippen molar-refractivity contribution in [2.75, 3.05) is 0 Å². The van der Waals surface area contributed by atoms with Gasteiger partial charge in [-0.25, -0.2) is 4.79 Å². The summed E-state index contributed by atoms with van der Waals surface area (Å²) >= 11 is 0. The molecule has 0 saturated heterocycles. The van der Waals surface area contributed by atoms with E-state index in [1.54, 1.807) is 4.90 Å². The number of hydrogen-bond donors (Lipinski definition) is 0. The van der Waals surface area contributed by atoms with Gasteiger partial charge in [-0.1, -0.05) is 99.7 Å². The number of carbonyl (C=O) groups is 1. The molecule has 2 atom stereocenters. The molecule has 2 aromatic rings. The minimum Gasteiger partial charge on any atom is -0.442 e. The maximum absolute atomic E-state index is 12.9. The van der Waals surface area contributed by atoms with Gasteiger partial charge in [0.25, 0.3) is 8.32 Å². The smallest absolute Gasteiger partial charge is 0.410 e. The Morgan fingerprint density at radius 3 is 1.78 bits per heavy atom. The average molecular weight is 520 g/mol.